The van der Waals surface area contributed by atoms with Crippen LogP contribution in [0.4, 0.5) is 0 Å². The molecule has 1 aliphatic heterocycles. The van der Waals surface area contributed by atoms with Crippen LogP contribution >= 0.6 is 22.7 Å². The minimum Gasteiger partial charge on any atom is -0.391 e. The molecule has 0 radical (unpaired) electrons. The fourth-order valence-electron chi connectivity index (χ4n) is 2.21. The number of aromatic nitrogens is 1. The third-order valence-corrected chi connectivity index (χ3v) is 5.23. The predicted molar refractivity (Wildman–Crippen MR) is 79.5 cm³/mol. The lowest BCUT2D eigenvalue weighted by molar-refractivity contribution is 0.146. The van der Waals surface area contributed by atoms with Gasteiger partial charge in [-0.25, -0.2) is 4.98 Å². The largest absolute Gasteiger partial charge is 0.391 e. The van der Waals surface area contributed by atoms with Crippen molar-refractivity contribution < 1.29 is 5.11 Å². The Labute approximate surface area is 120 Å². The summed E-state index contributed by atoms with van der Waals surface area (Å²) in [7, 11) is 0. The number of nitrogens with one attached hydrogen (secondary N) is 2. The number of thiophene rings is 1. The van der Waals surface area contributed by atoms with Gasteiger partial charge in [-0.3, -0.25) is 0 Å². The fraction of sp³-hybridized carbons (Fsp3) is 0.462. The van der Waals surface area contributed by atoms with E-state index < -0.39 is 0 Å². The molecule has 102 valence electrons. The van der Waals surface area contributed by atoms with E-state index in [0.29, 0.717) is 12.5 Å². The van der Waals surface area contributed by atoms with Crippen LogP contribution in [-0.4, -0.2) is 35.8 Å². The Balaban J connectivity index is 1.50. The summed E-state index contributed by atoms with van der Waals surface area (Å²) in [4.78, 5) is 5.85. The molecule has 2 atom stereocenters. The van der Waals surface area contributed by atoms with E-state index in [9.17, 15) is 5.11 Å². The number of hydrogen-bond acceptors (Lipinski definition) is 6. The maximum atomic E-state index is 9.70. The molecule has 2 aromatic heterocycles. The molecular weight excluding hydrogens is 278 g/mol. The molecule has 3 N–H and O–H groups in total. The van der Waals surface area contributed by atoms with E-state index in [1.54, 1.807) is 22.7 Å². The molecule has 1 aliphatic rings. The predicted octanol–water partition coefficient (Wildman–Crippen LogP) is 1.54. The van der Waals surface area contributed by atoms with E-state index in [0.717, 1.165) is 30.3 Å². The molecule has 0 amide bonds. The molecule has 0 aromatic carbocycles. The van der Waals surface area contributed by atoms with Crippen molar-refractivity contribution in [3.63, 3.8) is 0 Å². The van der Waals surface area contributed by atoms with Gasteiger partial charge in [0.1, 0.15) is 5.01 Å². The summed E-state index contributed by atoms with van der Waals surface area (Å²) >= 11 is 3.41. The average Bonchev–Trinajstić information content (AvgIpc) is 3.11. The van der Waals surface area contributed by atoms with Gasteiger partial charge in [-0.05, 0) is 11.4 Å². The van der Waals surface area contributed by atoms with Gasteiger partial charge in [0.2, 0.25) is 0 Å². The van der Waals surface area contributed by atoms with Crippen LogP contribution in [0.2, 0.25) is 0 Å². The Hall–Kier alpha value is -0.790. The van der Waals surface area contributed by atoms with Crippen LogP contribution in [0.15, 0.2) is 22.9 Å². The van der Waals surface area contributed by atoms with E-state index in [-0.39, 0.29) is 6.10 Å². The first-order valence-electron chi connectivity index (χ1n) is 6.40. The van der Waals surface area contributed by atoms with Crippen LogP contribution in [0.1, 0.15) is 5.69 Å². The molecule has 2 unspecified atom stereocenters. The minimum absolute atomic E-state index is 0.218. The summed E-state index contributed by atoms with van der Waals surface area (Å²) in [6, 6.07) is 4.15. The third kappa shape index (κ3) is 3.21. The Morgan fingerprint density at radius 3 is 3.11 bits per heavy atom. The zero-order chi connectivity index (χ0) is 13.1. The summed E-state index contributed by atoms with van der Waals surface area (Å²) in [5.41, 5.74) is 1.08. The average molecular weight is 295 g/mol. The lowest BCUT2D eigenvalue weighted by Crippen LogP contribution is -2.30. The Morgan fingerprint density at radius 1 is 1.42 bits per heavy atom. The van der Waals surface area contributed by atoms with Crippen molar-refractivity contribution in [2.45, 2.75) is 12.6 Å². The molecule has 0 bridgehead atoms. The number of rotatable bonds is 5. The summed E-state index contributed by atoms with van der Waals surface area (Å²) in [5, 5.41) is 21.5. The molecule has 1 saturated heterocycles. The molecule has 2 aromatic rings. The van der Waals surface area contributed by atoms with E-state index >= 15 is 0 Å². The molecule has 3 rings (SSSR count). The number of β-amino-alcohol motifs (C(OH)–C–C–N with tert-alkyl or cyclic N) is 1. The van der Waals surface area contributed by atoms with E-state index in [2.05, 4.69) is 32.4 Å². The zero-order valence-corrected chi connectivity index (χ0v) is 12.1. The highest BCUT2D eigenvalue weighted by Crippen LogP contribution is 2.27. The lowest BCUT2D eigenvalue weighted by atomic mass is 10.1. The SMILES string of the molecule is OC1CNCC1CNCc1csc(-c2cccs2)n1. The van der Waals surface area contributed by atoms with Gasteiger partial charge in [0.15, 0.2) is 0 Å². The number of aliphatic hydroxyl groups excluding tert-OH is 1. The van der Waals surface area contributed by atoms with Crippen molar-refractivity contribution in [3.05, 3.63) is 28.6 Å². The molecule has 3 heterocycles. The molecular formula is C13H17N3OS2. The number of nitrogens with zero attached hydrogens (tertiary/aromatic N) is 1. The van der Waals surface area contributed by atoms with Crippen LogP contribution in [0.3, 0.4) is 0 Å². The maximum Gasteiger partial charge on any atom is 0.133 e. The maximum absolute atomic E-state index is 9.70. The second kappa shape index (κ2) is 6.11. The number of aliphatic hydroxyl groups is 1. The summed E-state index contributed by atoms with van der Waals surface area (Å²) < 4.78 is 0. The normalized spacial score (nSPS) is 23.0. The number of hydrogen-bond donors (Lipinski definition) is 3. The molecule has 0 spiro atoms. The third-order valence-electron chi connectivity index (χ3n) is 3.30. The van der Waals surface area contributed by atoms with Gasteiger partial charge in [-0.15, -0.1) is 22.7 Å². The molecule has 0 aliphatic carbocycles. The van der Waals surface area contributed by atoms with E-state index in [4.69, 9.17) is 0 Å². The Kier molecular flexibility index (Phi) is 4.24. The quantitative estimate of drug-likeness (QED) is 0.783. The van der Waals surface area contributed by atoms with Gasteiger partial charge in [0, 0.05) is 37.5 Å². The summed E-state index contributed by atoms with van der Waals surface area (Å²) in [6.07, 6.45) is -0.218. The lowest BCUT2D eigenvalue weighted by Gasteiger charge is -2.13. The molecule has 4 nitrogen and oxygen atoms in total. The van der Waals surface area contributed by atoms with Crippen molar-refractivity contribution in [1.29, 1.82) is 0 Å². The summed E-state index contributed by atoms with van der Waals surface area (Å²) in [5.74, 6) is 0.315. The smallest absolute Gasteiger partial charge is 0.133 e. The highest BCUT2D eigenvalue weighted by molar-refractivity contribution is 7.20. The second-order valence-corrected chi connectivity index (χ2v) is 6.54. The van der Waals surface area contributed by atoms with Gasteiger partial charge in [0.05, 0.1) is 16.7 Å². The van der Waals surface area contributed by atoms with Crippen molar-refractivity contribution >= 4 is 22.7 Å². The second-order valence-electron chi connectivity index (χ2n) is 4.74. The standard InChI is InChI=1S/C13H17N3OS2/c17-11-7-15-5-9(11)4-14-6-10-8-19-13(16-10)12-2-1-3-18-12/h1-3,8-9,11,14-15,17H,4-7H2. The van der Waals surface area contributed by atoms with Gasteiger partial charge in [-0.1, -0.05) is 6.07 Å². The summed E-state index contributed by atoms with van der Waals surface area (Å²) in [6.45, 7) is 3.21. The van der Waals surface area contributed by atoms with Crippen molar-refractivity contribution in [2.75, 3.05) is 19.6 Å². The van der Waals surface area contributed by atoms with Crippen LogP contribution < -0.4 is 10.6 Å². The highest BCUT2D eigenvalue weighted by atomic mass is 32.1. The van der Waals surface area contributed by atoms with Crippen LogP contribution in [0.25, 0.3) is 9.88 Å². The topological polar surface area (TPSA) is 57.2 Å². The Bertz CT molecular complexity index is 512. The first-order chi connectivity index (χ1) is 9.33. The monoisotopic (exact) mass is 295 g/mol. The van der Waals surface area contributed by atoms with Crippen LogP contribution in [0, 0.1) is 5.92 Å². The van der Waals surface area contributed by atoms with Crippen LogP contribution in [-0.2, 0) is 6.54 Å². The minimum atomic E-state index is -0.218. The first kappa shape index (κ1) is 13.2. The van der Waals surface area contributed by atoms with E-state index in [1.165, 1.54) is 4.88 Å². The van der Waals surface area contributed by atoms with E-state index in [1.807, 2.05) is 6.07 Å². The van der Waals surface area contributed by atoms with Crippen LogP contribution in [0.5, 0.6) is 0 Å². The number of thiazole rings is 1. The molecule has 6 heteroatoms. The van der Waals surface area contributed by atoms with Gasteiger partial charge in [-0.2, -0.15) is 0 Å². The van der Waals surface area contributed by atoms with Gasteiger partial charge >= 0.3 is 0 Å². The molecule has 1 fully saturated rings. The van der Waals surface area contributed by atoms with Gasteiger partial charge in [0.25, 0.3) is 0 Å². The van der Waals surface area contributed by atoms with Gasteiger partial charge < -0.3 is 15.7 Å². The molecule has 0 saturated carbocycles. The Morgan fingerprint density at radius 2 is 2.37 bits per heavy atom. The van der Waals surface area contributed by atoms with Crippen molar-refractivity contribution in [1.82, 2.24) is 15.6 Å². The zero-order valence-electron chi connectivity index (χ0n) is 10.5. The fourth-order valence-corrected chi connectivity index (χ4v) is 3.85. The highest BCUT2D eigenvalue weighted by Gasteiger charge is 2.24. The first-order valence-corrected chi connectivity index (χ1v) is 8.16. The van der Waals surface area contributed by atoms with Crippen molar-refractivity contribution in [3.8, 4) is 9.88 Å². The molecule has 19 heavy (non-hydrogen) atoms. The van der Waals surface area contributed by atoms with Crippen molar-refractivity contribution in [2.24, 2.45) is 5.92 Å².